The molecule has 21 heavy (non-hydrogen) atoms. The standard InChI is InChI=1S/C18H30N2O/c1-6-20(14(3)12-19(4)5)17-11-13(2)15-9-7-8-10-16(15)18(17)21/h7-10,13-14,17-18,21H,6,11-12H2,1-5H3. The highest BCUT2D eigenvalue weighted by molar-refractivity contribution is 5.35. The molecule has 3 heteroatoms. The number of aliphatic hydroxyl groups is 1. The Hall–Kier alpha value is -0.900. The summed E-state index contributed by atoms with van der Waals surface area (Å²) in [6.07, 6.45) is 0.658. The van der Waals surface area contributed by atoms with Crippen LogP contribution in [0, 0.1) is 0 Å². The minimum atomic E-state index is -0.373. The molecule has 0 saturated carbocycles. The number of hydrogen-bond donors (Lipinski definition) is 1. The Labute approximate surface area is 129 Å². The fourth-order valence-electron chi connectivity index (χ4n) is 3.88. The first-order valence-corrected chi connectivity index (χ1v) is 8.13. The molecule has 0 amide bonds. The quantitative estimate of drug-likeness (QED) is 0.903. The maximum atomic E-state index is 10.9. The molecule has 1 aromatic rings. The summed E-state index contributed by atoms with van der Waals surface area (Å²) in [6, 6.07) is 9.04. The highest BCUT2D eigenvalue weighted by atomic mass is 16.3. The SMILES string of the molecule is CCN(C(C)CN(C)C)C1CC(C)c2ccccc2C1O. The lowest BCUT2D eigenvalue weighted by molar-refractivity contribution is 0.00881. The molecule has 118 valence electrons. The molecule has 1 aromatic carbocycles. The van der Waals surface area contributed by atoms with Gasteiger partial charge in [0.2, 0.25) is 0 Å². The summed E-state index contributed by atoms with van der Waals surface area (Å²) in [5, 5.41) is 10.9. The van der Waals surface area contributed by atoms with Gasteiger partial charge >= 0.3 is 0 Å². The van der Waals surface area contributed by atoms with E-state index < -0.39 is 0 Å². The van der Waals surface area contributed by atoms with Crippen molar-refractivity contribution in [3.8, 4) is 0 Å². The van der Waals surface area contributed by atoms with Crippen LogP contribution in [0.25, 0.3) is 0 Å². The average Bonchev–Trinajstić information content (AvgIpc) is 2.44. The molecule has 0 saturated heterocycles. The Morgan fingerprint density at radius 3 is 2.43 bits per heavy atom. The Bertz CT molecular complexity index is 460. The molecule has 0 fully saturated rings. The van der Waals surface area contributed by atoms with E-state index in [2.05, 4.69) is 62.9 Å². The molecule has 0 spiro atoms. The van der Waals surface area contributed by atoms with E-state index in [-0.39, 0.29) is 12.1 Å². The molecule has 1 aliphatic carbocycles. The van der Waals surface area contributed by atoms with Gasteiger partial charge in [0, 0.05) is 18.6 Å². The van der Waals surface area contributed by atoms with Crippen molar-refractivity contribution in [3.63, 3.8) is 0 Å². The number of fused-ring (bicyclic) bond motifs is 1. The number of rotatable bonds is 5. The first-order valence-electron chi connectivity index (χ1n) is 8.13. The summed E-state index contributed by atoms with van der Waals surface area (Å²) in [5.41, 5.74) is 2.44. The van der Waals surface area contributed by atoms with Crippen LogP contribution < -0.4 is 0 Å². The van der Waals surface area contributed by atoms with Crippen LogP contribution >= 0.6 is 0 Å². The van der Waals surface area contributed by atoms with E-state index >= 15 is 0 Å². The van der Waals surface area contributed by atoms with E-state index in [1.54, 1.807) is 0 Å². The third-order valence-electron chi connectivity index (χ3n) is 4.79. The molecule has 0 bridgehead atoms. The zero-order chi connectivity index (χ0) is 15.6. The Morgan fingerprint density at radius 2 is 1.86 bits per heavy atom. The van der Waals surface area contributed by atoms with Crippen LogP contribution in [0.5, 0.6) is 0 Å². The summed E-state index contributed by atoms with van der Waals surface area (Å²) in [4.78, 5) is 4.69. The number of benzene rings is 1. The lowest BCUT2D eigenvalue weighted by Gasteiger charge is -2.43. The maximum absolute atomic E-state index is 10.9. The van der Waals surface area contributed by atoms with E-state index in [9.17, 15) is 5.11 Å². The molecule has 0 radical (unpaired) electrons. The van der Waals surface area contributed by atoms with Crippen molar-refractivity contribution in [2.75, 3.05) is 27.2 Å². The van der Waals surface area contributed by atoms with Crippen molar-refractivity contribution in [2.24, 2.45) is 0 Å². The molecule has 4 unspecified atom stereocenters. The number of likely N-dealkylation sites (N-methyl/N-ethyl adjacent to an activating group) is 2. The van der Waals surface area contributed by atoms with Gasteiger partial charge in [-0.15, -0.1) is 0 Å². The van der Waals surface area contributed by atoms with Crippen molar-refractivity contribution in [2.45, 2.75) is 51.3 Å². The summed E-state index contributed by atoms with van der Waals surface area (Å²) in [5.74, 6) is 0.509. The van der Waals surface area contributed by atoms with Crippen LogP contribution in [-0.4, -0.2) is 54.2 Å². The Kier molecular flexibility index (Phi) is 5.42. The first-order chi connectivity index (χ1) is 9.95. The van der Waals surface area contributed by atoms with Crippen LogP contribution in [0.15, 0.2) is 24.3 Å². The van der Waals surface area contributed by atoms with E-state index in [0.717, 1.165) is 25.1 Å². The molecule has 0 heterocycles. The van der Waals surface area contributed by atoms with Crippen molar-refractivity contribution in [1.29, 1.82) is 0 Å². The van der Waals surface area contributed by atoms with E-state index in [4.69, 9.17) is 0 Å². The fourth-order valence-corrected chi connectivity index (χ4v) is 3.88. The number of hydrogen-bond acceptors (Lipinski definition) is 3. The van der Waals surface area contributed by atoms with Crippen molar-refractivity contribution in [1.82, 2.24) is 9.80 Å². The van der Waals surface area contributed by atoms with Crippen LogP contribution in [0.3, 0.4) is 0 Å². The minimum absolute atomic E-state index is 0.217. The second-order valence-corrected chi connectivity index (χ2v) is 6.72. The van der Waals surface area contributed by atoms with E-state index in [1.807, 2.05) is 6.07 Å². The van der Waals surface area contributed by atoms with Crippen molar-refractivity contribution in [3.05, 3.63) is 35.4 Å². The number of aliphatic hydroxyl groups excluding tert-OH is 1. The predicted molar refractivity (Wildman–Crippen MR) is 88.6 cm³/mol. The Morgan fingerprint density at radius 1 is 1.24 bits per heavy atom. The van der Waals surface area contributed by atoms with Gasteiger partial charge in [-0.3, -0.25) is 4.90 Å². The zero-order valence-corrected chi connectivity index (χ0v) is 14.1. The molecule has 1 N–H and O–H groups in total. The lowest BCUT2D eigenvalue weighted by atomic mass is 9.78. The van der Waals surface area contributed by atoms with Crippen LogP contribution in [-0.2, 0) is 0 Å². The lowest BCUT2D eigenvalue weighted by Crippen LogP contribution is -2.50. The van der Waals surface area contributed by atoms with Gasteiger partial charge in [-0.25, -0.2) is 0 Å². The third kappa shape index (κ3) is 3.47. The van der Waals surface area contributed by atoms with Gasteiger partial charge < -0.3 is 10.0 Å². The summed E-state index contributed by atoms with van der Waals surface area (Å²) in [6.45, 7) is 8.74. The normalized spacial score (nSPS) is 27.0. The highest BCUT2D eigenvalue weighted by Crippen LogP contribution is 2.40. The van der Waals surface area contributed by atoms with Gasteiger partial charge in [0.25, 0.3) is 0 Å². The Balaban J connectivity index is 2.24. The van der Waals surface area contributed by atoms with Gasteiger partial charge in [-0.05, 0) is 51.0 Å². The van der Waals surface area contributed by atoms with Gasteiger partial charge in [0.15, 0.2) is 0 Å². The smallest absolute Gasteiger partial charge is 0.0948 e. The van der Waals surface area contributed by atoms with Crippen LogP contribution in [0.2, 0.25) is 0 Å². The molecular formula is C18H30N2O. The monoisotopic (exact) mass is 290 g/mol. The zero-order valence-electron chi connectivity index (χ0n) is 14.1. The molecule has 3 nitrogen and oxygen atoms in total. The van der Waals surface area contributed by atoms with Gasteiger partial charge in [-0.1, -0.05) is 38.1 Å². The van der Waals surface area contributed by atoms with Crippen molar-refractivity contribution >= 4 is 0 Å². The largest absolute Gasteiger partial charge is 0.387 e. The second-order valence-electron chi connectivity index (χ2n) is 6.72. The fraction of sp³-hybridized carbons (Fsp3) is 0.667. The number of nitrogens with zero attached hydrogens (tertiary/aromatic N) is 2. The topological polar surface area (TPSA) is 26.7 Å². The molecular weight excluding hydrogens is 260 g/mol. The molecule has 1 aliphatic rings. The van der Waals surface area contributed by atoms with E-state index in [1.165, 1.54) is 5.56 Å². The van der Waals surface area contributed by atoms with Gasteiger partial charge in [0.05, 0.1) is 6.10 Å². The molecule has 4 atom stereocenters. The van der Waals surface area contributed by atoms with E-state index in [0.29, 0.717) is 12.0 Å². The summed E-state index contributed by atoms with van der Waals surface area (Å²) < 4.78 is 0. The van der Waals surface area contributed by atoms with Gasteiger partial charge in [0.1, 0.15) is 0 Å². The second kappa shape index (κ2) is 6.91. The first kappa shape index (κ1) is 16.5. The van der Waals surface area contributed by atoms with Crippen LogP contribution in [0.1, 0.15) is 50.3 Å². The molecule has 0 aromatic heterocycles. The third-order valence-corrected chi connectivity index (χ3v) is 4.79. The average molecular weight is 290 g/mol. The summed E-state index contributed by atoms with van der Waals surface area (Å²) in [7, 11) is 4.22. The summed E-state index contributed by atoms with van der Waals surface area (Å²) >= 11 is 0. The van der Waals surface area contributed by atoms with Crippen LogP contribution in [0.4, 0.5) is 0 Å². The minimum Gasteiger partial charge on any atom is -0.387 e. The molecule has 0 aliphatic heterocycles. The molecule has 2 rings (SSSR count). The predicted octanol–water partition coefficient (Wildman–Crippen LogP) is 2.87. The highest BCUT2D eigenvalue weighted by Gasteiger charge is 2.36. The maximum Gasteiger partial charge on any atom is 0.0948 e. The van der Waals surface area contributed by atoms with Crippen molar-refractivity contribution < 1.29 is 5.11 Å². The van der Waals surface area contributed by atoms with Gasteiger partial charge in [-0.2, -0.15) is 0 Å².